The van der Waals surface area contributed by atoms with Crippen LogP contribution in [0.15, 0.2) is 42.5 Å². The number of benzene rings is 2. The molecule has 8 heteroatoms. The second-order valence-electron chi connectivity index (χ2n) is 7.64. The Hall–Kier alpha value is -3.55. The predicted octanol–water partition coefficient (Wildman–Crippen LogP) is 2.83. The van der Waals surface area contributed by atoms with E-state index in [4.69, 9.17) is 9.47 Å². The lowest BCUT2D eigenvalue weighted by molar-refractivity contribution is -0.118. The number of rotatable bonds is 5. The van der Waals surface area contributed by atoms with Gasteiger partial charge in [-0.1, -0.05) is 18.2 Å². The van der Waals surface area contributed by atoms with Crippen molar-refractivity contribution in [2.24, 2.45) is 5.92 Å². The van der Waals surface area contributed by atoms with Gasteiger partial charge in [-0.25, -0.2) is 4.79 Å². The fourth-order valence-corrected chi connectivity index (χ4v) is 3.95. The number of likely N-dealkylation sites (tertiary alicyclic amines) is 1. The summed E-state index contributed by atoms with van der Waals surface area (Å²) in [5.41, 5.74) is 1.98. The van der Waals surface area contributed by atoms with Crippen LogP contribution in [0.5, 0.6) is 11.5 Å². The van der Waals surface area contributed by atoms with Crippen molar-refractivity contribution in [3.05, 3.63) is 53.6 Å². The summed E-state index contributed by atoms with van der Waals surface area (Å²) >= 11 is 0. The molecule has 1 saturated heterocycles. The molecule has 162 valence electrons. The van der Waals surface area contributed by atoms with E-state index in [0.717, 1.165) is 11.3 Å². The molecule has 2 aromatic carbocycles. The van der Waals surface area contributed by atoms with Crippen LogP contribution < -0.4 is 20.1 Å². The van der Waals surface area contributed by atoms with Gasteiger partial charge in [0.25, 0.3) is 5.91 Å². The van der Waals surface area contributed by atoms with Gasteiger partial charge in [-0.15, -0.1) is 0 Å². The third-order valence-corrected chi connectivity index (χ3v) is 5.67. The van der Waals surface area contributed by atoms with Crippen molar-refractivity contribution in [1.29, 1.82) is 0 Å². The topological polar surface area (TPSA) is 97.0 Å². The molecule has 0 radical (unpaired) electrons. The summed E-state index contributed by atoms with van der Waals surface area (Å²) in [6.45, 7) is 1.39. The first-order chi connectivity index (χ1) is 15.0. The van der Waals surface area contributed by atoms with Crippen molar-refractivity contribution in [2.45, 2.75) is 19.4 Å². The number of hydrogen-bond donors (Lipinski definition) is 2. The van der Waals surface area contributed by atoms with E-state index in [1.165, 1.54) is 0 Å². The molecule has 0 bridgehead atoms. The normalized spacial score (nSPS) is 16.0. The van der Waals surface area contributed by atoms with Gasteiger partial charge < -0.3 is 25.0 Å². The molecule has 4 rings (SSSR count). The average molecular weight is 423 g/mol. The van der Waals surface area contributed by atoms with Crippen LogP contribution in [0.2, 0.25) is 0 Å². The summed E-state index contributed by atoms with van der Waals surface area (Å²) in [5, 5.41) is 5.65. The number of nitrogens with one attached hydrogen (secondary N) is 2. The quantitative estimate of drug-likeness (QED) is 0.721. The van der Waals surface area contributed by atoms with Crippen molar-refractivity contribution in [3.63, 3.8) is 0 Å². The number of para-hydroxylation sites is 1. The van der Waals surface area contributed by atoms with Gasteiger partial charge >= 0.3 is 6.03 Å². The fourth-order valence-electron chi connectivity index (χ4n) is 3.95. The number of ketones is 1. The number of amides is 3. The number of piperidine rings is 1. The lowest BCUT2D eigenvalue weighted by Crippen LogP contribution is -2.45. The van der Waals surface area contributed by atoms with Crippen molar-refractivity contribution < 1.29 is 23.9 Å². The Labute approximate surface area is 180 Å². The summed E-state index contributed by atoms with van der Waals surface area (Å²) < 4.78 is 10.7. The number of Topliss-reactive ketones (excluding diaryl/α,β-unsaturated/α-hetero) is 1. The number of anilines is 1. The van der Waals surface area contributed by atoms with Crippen LogP contribution >= 0.6 is 0 Å². The standard InChI is InChI=1S/C23H25N3O5/c1-30-19-5-3-2-4-17(19)13-24-23(29)26-10-8-15(9-11-26)22(28)16-6-7-20-18(12-16)25-21(27)14-31-20/h2-7,12,15H,8-11,13-14H2,1H3,(H,24,29)(H,25,27). The Morgan fingerprint density at radius 1 is 1.19 bits per heavy atom. The van der Waals surface area contributed by atoms with Crippen LogP contribution in [0.25, 0.3) is 0 Å². The molecule has 0 saturated carbocycles. The predicted molar refractivity (Wildman–Crippen MR) is 114 cm³/mol. The molecular formula is C23H25N3O5. The number of carbonyl (C=O) groups is 3. The Morgan fingerprint density at radius 2 is 1.97 bits per heavy atom. The first-order valence-corrected chi connectivity index (χ1v) is 10.3. The highest BCUT2D eigenvalue weighted by Crippen LogP contribution is 2.31. The Bertz CT molecular complexity index is 998. The molecule has 0 unspecified atom stereocenters. The van der Waals surface area contributed by atoms with Gasteiger partial charge in [-0.3, -0.25) is 9.59 Å². The number of methoxy groups -OCH3 is 1. The zero-order valence-electron chi connectivity index (χ0n) is 17.3. The maximum Gasteiger partial charge on any atom is 0.317 e. The maximum absolute atomic E-state index is 12.9. The fraction of sp³-hybridized carbons (Fsp3) is 0.348. The smallest absolute Gasteiger partial charge is 0.317 e. The van der Waals surface area contributed by atoms with Crippen LogP contribution in [0.4, 0.5) is 10.5 Å². The van der Waals surface area contributed by atoms with E-state index >= 15 is 0 Å². The summed E-state index contributed by atoms with van der Waals surface area (Å²) in [4.78, 5) is 38.7. The highest BCUT2D eigenvalue weighted by atomic mass is 16.5. The van der Waals surface area contributed by atoms with E-state index in [0.29, 0.717) is 49.5 Å². The largest absolute Gasteiger partial charge is 0.496 e. The molecule has 2 aromatic rings. The molecule has 0 atom stereocenters. The Morgan fingerprint density at radius 3 is 2.74 bits per heavy atom. The summed E-state index contributed by atoms with van der Waals surface area (Å²) in [5.74, 6) is 0.939. The SMILES string of the molecule is COc1ccccc1CNC(=O)N1CCC(C(=O)c2ccc3c(c2)NC(=O)CO3)CC1. The van der Waals surface area contributed by atoms with Crippen molar-refractivity contribution >= 4 is 23.4 Å². The van der Waals surface area contributed by atoms with Gasteiger partial charge in [0.05, 0.1) is 12.8 Å². The number of hydrogen-bond acceptors (Lipinski definition) is 5. The molecule has 3 amide bonds. The summed E-state index contributed by atoms with van der Waals surface area (Å²) in [6.07, 6.45) is 1.20. The molecule has 2 aliphatic rings. The van der Waals surface area contributed by atoms with Crippen molar-refractivity contribution in [2.75, 3.05) is 32.1 Å². The molecule has 31 heavy (non-hydrogen) atoms. The highest BCUT2D eigenvalue weighted by Gasteiger charge is 2.29. The summed E-state index contributed by atoms with van der Waals surface area (Å²) in [6, 6.07) is 12.5. The maximum atomic E-state index is 12.9. The molecule has 1 fully saturated rings. The molecule has 8 nitrogen and oxygen atoms in total. The van der Waals surface area contributed by atoms with E-state index in [2.05, 4.69) is 10.6 Å². The van der Waals surface area contributed by atoms with Crippen molar-refractivity contribution in [3.8, 4) is 11.5 Å². The Kier molecular flexibility index (Phi) is 6.06. The monoisotopic (exact) mass is 423 g/mol. The number of carbonyl (C=O) groups excluding carboxylic acids is 3. The highest BCUT2D eigenvalue weighted by molar-refractivity contribution is 6.01. The van der Waals surface area contributed by atoms with Crippen LogP contribution in [0, 0.1) is 5.92 Å². The second kappa shape index (κ2) is 9.07. The van der Waals surface area contributed by atoms with Gasteiger partial charge in [0.1, 0.15) is 11.5 Å². The first-order valence-electron chi connectivity index (χ1n) is 10.3. The van der Waals surface area contributed by atoms with Crippen LogP contribution in [-0.4, -0.2) is 49.4 Å². The minimum Gasteiger partial charge on any atom is -0.496 e. The van der Waals surface area contributed by atoms with Gasteiger partial charge in [0.15, 0.2) is 12.4 Å². The minimum absolute atomic E-state index is 0.0160. The van der Waals surface area contributed by atoms with Crippen molar-refractivity contribution in [1.82, 2.24) is 10.2 Å². The molecule has 0 spiro atoms. The van der Waals surface area contributed by atoms with E-state index in [1.54, 1.807) is 30.2 Å². The zero-order chi connectivity index (χ0) is 21.8. The Balaban J connectivity index is 1.31. The van der Waals surface area contributed by atoms with Gasteiger partial charge in [-0.2, -0.15) is 0 Å². The minimum atomic E-state index is -0.232. The van der Waals surface area contributed by atoms with E-state index in [9.17, 15) is 14.4 Å². The lowest BCUT2D eigenvalue weighted by atomic mass is 9.88. The summed E-state index contributed by atoms with van der Waals surface area (Å²) in [7, 11) is 1.60. The van der Waals surface area contributed by atoms with Gasteiger partial charge in [-0.05, 0) is 37.1 Å². The third-order valence-electron chi connectivity index (χ3n) is 5.67. The number of fused-ring (bicyclic) bond motifs is 1. The van der Waals surface area contributed by atoms with Crippen LogP contribution in [0.3, 0.4) is 0 Å². The van der Waals surface area contributed by atoms with Gasteiger partial charge in [0, 0.05) is 36.7 Å². The number of urea groups is 1. The molecule has 0 aliphatic carbocycles. The number of ether oxygens (including phenoxy) is 2. The molecule has 2 heterocycles. The zero-order valence-corrected chi connectivity index (χ0v) is 17.3. The van der Waals surface area contributed by atoms with Gasteiger partial charge in [0.2, 0.25) is 0 Å². The number of nitrogens with zero attached hydrogens (tertiary/aromatic N) is 1. The first kappa shape index (κ1) is 20.7. The molecule has 0 aromatic heterocycles. The molecule has 2 aliphatic heterocycles. The van der Waals surface area contributed by atoms with Crippen LogP contribution in [-0.2, 0) is 11.3 Å². The molecule has 2 N–H and O–H groups in total. The van der Waals surface area contributed by atoms with E-state index in [1.807, 2.05) is 24.3 Å². The molecular weight excluding hydrogens is 398 g/mol. The average Bonchev–Trinajstić information content (AvgIpc) is 2.81. The van der Waals surface area contributed by atoms with E-state index in [-0.39, 0.29) is 30.2 Å². The second-order valence-corrected chi connectivity index (χ2v) is 7.64. The third kappa shape index (κ3) is 4.63. The van der Waals surface area contributed by atoms with Crippen LogP contribution in [0.1, 0.15) is 28.8 Å². The van der Waals surface area contributed by atoms with E-state index < -0.39 is 0 Å². The lowest BCUT2D eigenvalue weighted by Gasteiger charge is -2.31.